The first-order valence-electron chi connectivity index (χ1n) is 5.46. The molecule has 0 bridgehead atoms. The van der Waals surface area contributed by atoms with Gasteiger partial charge in [-0.15, -0.1) is 0 Å². The van der Waals surface area contributed by atoms with Crippen LogP contribution < -0.4 is 4.74 Å². The molecule has 0 aliphatic heterocycles. The van der Waals surface area contributed by atoms with Gasteiger partial charge in [0.15, 0.2) is 0 Å². The first-order valence-corrected chi connectivity index (χ1v) is 5.46. The molecule has 1 N–H and O–H groups in total. The summed E-state index contributed by atoms with van der Waals surface area (Å²) in [6.45, 7) is 1.98. The predicted molar refractivity (Wildman–Crippen MR) is 66.0 cm³/mol. The Kier molecular flexibility index (Phi) is 3.40. The van der Waals surface area contributed by atoms with Gasteiger partial charge >= 0.3 is 0 Å². The highest BCUT2D eigenvalue weighted by atomic mass is 16.5. The number of aliphatic hydroxyl groups is 1. The van der Waals surface area contributed by atoms with Gasteiger partial charge in [0, 0.05) is 11.8 Å². The number of benzene rings is 1. The van der Waals surface area contributed by atoms with Crippen molar-refractivity contribution < 1.29 is 9.84 Å². The van der Waals surface area contributed by atoms with E-state index in [1.54, 1.807) is 19.4 Å². The molecule has 17 heavy (non-hydrogen) atoms. The summed E-state index contributed by atoms with van der Waals surface area (Å²) >= 11 is 0. The van der Waals surface area contributed by atoms with Crippen molar-refractivity contribution in [1.29, 1.82) is 0 Å². The molecule has 0 amide bonds. The monoisotopic (exact) mass is 229 g/mol. The Bertz CT molecular complexity index is 497. The van der Waals surface area contributed by atoms with Gasteiger partial charge in [-0.1, -0.05) is 17.7 Å². The zero-order chi connectivity index (χ0) is 12.3. The van der Waals surface area contributed by atoms with Crippen molar-refractivity contribution >= 4 is 0 Å². The molecule has 1 heterocycles. The first kappa shape index (κ1) is 11.6. The molecule has 0 radical (unpaired) electrons. The number of hydrogen-bond acceptors (Lipinski definition) is 3. The van der Waals surface area contributed by atoms with Crippen molar-refractivity contribution in [2.24, 2.45) is 0 Å². The second-order valence-corrected chi connectivity index (χ2v) is 3.90. The number of rotatable bonds is 3. The minimum Gasteiger partial charge on any atom is -0.496 e. The second-order valence-electron chi connectivity index (χ2n) is 3.90. The van der Waals surface area contributed by atoms with E-state index in [1.807, 2.05) is 37.3 Å². The number of hydrogen-bond donors (Lipinski definition) is 1. The molecule has 0 saturated carbocycles. The van der Waals surface area contributed by atoms with Crippen LogP contribution in [0.1, 0.15) is 22.9 Å². The summed E-state index contributed by atoms with van der Waals surface area (Å²) in [7, 11) is 1.60. The number of aliphatic hydroxyl groups excluding tert-OH is 1. The van der Waals surface area contributed by atoms with Crippen LogP contribution in [0.5, 0.6) is 5.75 Å². The van der Waals surface area contributed by atoms with Gasteiger partial charge in [0.1, 0.15) is 11.9 Å². The van der Waals surface area contributed by atoms with Crippen molar-refractivity contribution in [2.75, 3.05) is 7.11 Å². The van der Waals surface area contributed by atoms with Crippen molar-refractivity contribution in [3.05, 3.63) is 59.4 Å². The summed E-state index contributed by atoms with van der Waals surface area (Å²) in [6.07, 6.45) is 0.909. The third-order valence-corrected chi connectivity index (χ3v) is 2.65. The average molecular weight is 229 g/mol. The molecule has 1 aromatic carbocycles. The average Bonchev–Trinajstić information content (AvgIpc) is 2.39. The van der Waals surface area contributed by atoms with Gasteiger partial charge in [-0.2, -0.15) is 0 Å². The highest BCUT2D eigenvalue weighted by molar-refractivity contribution is 5.41. The molecular formula is C14H15NO2. The predicted octanol–water partition coefficient (Wildman–Crippen LogP) is 2.48. The summed E-state index contributed by atoms with van der Waals surface area (Å²) < 4.78 is 5.26. The fraction of sp³-hybridized carbons (Fsp3) is 0.214. The zero-order valence-electron chi connectivity index (χ0n) is 9.92. The maximum Gasteiger partial charge on any atom is 0.125 e. The van der Waals surface area contributed by atoms with Crippen molar-refractivity contribution in [2.45, 2.75) is 13.0 Å². The summed E-state index contributed by atoms with van der Waals surface area (Å²) in [5.41, 5.74) is 2.44. The van der Waals surface area contributed by atoms with E-state index < -0.39 is 6.10 Å². The Morgan fingerprint density at radius 2 is 2.06 bits per heavy atom. The van der Waals surface area contributed by atoms with E-state index in [-0.39, 0.29) is 0 Å². The third-order valence-electron chi connectivity index (χ3n) is 2.65. The molecule has 0 fully saturated rings. The van der Waals surface area contributed by atoms with Gasteiger partial charge in [-0.05, 0) is 31.2 Å². The van der Waals surface area contributed by atoms with Crippen LogP contribution in [0.15, 0.2) is 42.6 Å². The molecule has 0 aliphatic carbocycles. The number of aryl methyl sites for hydroxylation is 1. The van der Waals surface area contributed by atoms with E-state index in [9.17, 15) is 5.11 Å². The molecule has 0 aliphatic rings. The quantitative estimate of drug-likeness (QED) is 0.879. The van der Waals surface area contributed by atoms with Crippen LogP contribution >= 0.6 is 0 Å². The normalized spacial score (nSPS) is 12.2. The standard InChI is InChI=1S/C14H15NO2/c1-10-6-7-13(17-2)11(9-10)14(16)12-5-3-4-8-15-12/h3-9,14,16H,1-2H3/t14-/m0/s1. The smallest absolute Gasteiger partial charge is 0.125 e. The third kappa shape index (κ3) is 2.45. The van der Waals surface area contributed by atoms with Crippen LogP contribution in [0.4, 0.5) is 0 Å². The van der Waals surface area contributed by atoms with Gasteiger partial charge in [0.05, 0.1) is 12.8 Å². The van der Waals surface area contributed by atoms with E-state index >= 15 is 0 Å². The Labute approximate surface area is 101 Å². The Hall–Kier alpha value is -1.87. The lowest BCUT2D eigenvalue weighted by Crippen LogP contribution is -2.04. The Morgan fingerprint density at radius 1 is 1.24 bits per heavy atom. The van der Waals surface area contributed by atoms with E-state index in [1.165, 1.54) is 0 Å². The largest absolute Gasteiger partial charge is 0.496 e. The Morgan fingerprint density at radius 3 is 2.71 bits per heavy atom. The van der Waals surface area contributed by atoms with Crippen molar-refractivity contribution in [3.63, 3.8) is 0 Å². The van der Waals surface area contributed by atoms with Crippen LogP contribution in [0.3, 0.4) is 0 Å². The molecule has 88 valence electrons. The summed E-state index contributed by atoms with van der Waals surface area (Å²) in [6, 6.07) is 11.2. The summed E-state index contributed by atoms with van der Waals surface area (Å²) in [5, 5.41) is 10.3. The highest BCUT2D eigenvalue weighted by Crippen LogP contribution is 2.29. The molecule has 2 rings (SSSR count). The minimum absolute atomic E-state index is 0.622. The lowest BCUT2D eigenvalue weighted by Gasteiger charge is -2.15. The van der Waals surface area contributed by atoms with E-state index in [4.69, 9.17) is 4.74 Å². The van der Waals surface area contributed by atoms with Gasteiger partial charge < -0.3 is 9.84 Å². The van der Waals surface area contributed by atoms with Gasteiger partial charge in [0.2, 0.25) is 0 Å². The molecule has 0 saturated heterocycles. The lowest BCUT2D eigenvalue weighted by atomic mass is 10.0. The molecule has 3 heteroatoms. The van der Waals surface area contributed by atoms with Gasteiger partial charge in [-0.3, -0.25) is 4.98 Å². The lowest BCUT2D eigenvalue weighted by molar-refractivity contribution is 0.210. The molecule has 3 nitrogen and oxygen atoms in total. The number of pyridine rings is 1. The fourth-order valence-electron chi connectivity index (χ4n) is 1.76. The van der Waals surface area contributed by atoms with E-state index in [0.717, 1.165) is 11.1 Å². The van der Waals surface area contributed by atoms with E-state index in [0.29, 0.717) is 11.4 Å². The van der Waals surface area contributed by atoms with Crippen molar-refractivity contribution in [1.82, 2.24) is 4.98 Å². The number of ether oxygens (including phenoxy) is 1. The van der Waals surface area contributed by atoms with Crippen LogP contribution in [-0.2, 0) is 0 Å². The van der Waals surface area contributed by atoms with Crippen LogP contribution in [-0.4, -0.2) is 17.2 Å². The van der Waals surface area contributed by atoms with Gasteiger partial charge in [0.25, 0.3) is 0 Å². The number of methoxy groups -OCH3 is 1. The molecule has 1 atom stereocenters. The molecule has 2 aromatic rings. The zero-order valence-corrected chi connectivity index (χ0v) is 9.92. The SMILES string of the molecule is COc1ccc(C)cc1[C@H](O)c1ccccn1. The highest BCUT2D eigenvalue weighted by Gasteiger charge is 2.16. The maximum absolute atomic E-state index is 10.3. The van der Waals surface area contributed by atoms with E-state index in [2.05, 4.69) is 4.98 Å². The molecule has 0 spiro atoms. The molecular weight excluding hydrogens is 214 g/mol. The van der Waals surface area contributed by atoms with Crippen LogP contribution in [0.25, 0.3) is 0 Å². The fourth-order valence-corrected chi connectivity index (χ4v) is 1.76. The Balaban J connectivity index is 2.43. The number of aromatic nitrogens is 1. The van der Waals surface area contributed by atoms with Gasteiger partial charge in [-0.25, -0.2) is 0 Å². The first-order chi connectivity index (χ1) is 8.22. The molecule has 1 aromatic heterocycles. The number of nitrogens with zero attached hydrogens (tertiary/aromatic N) is 1. The molecule has 0 unspecified atom stereocenters. The summed E-state index contributed by atoms with van der Waals surface area (Å²) in [4.78, 5) is 4.15. The topological polar surface area (TPSA) is 42.4 Å². The van der Waals surface area contributed by atoms with Crippen LogP contribution in [0.2, 0.25) is 0 Å². The maximum atomic E-state index is 10.3. The second kappa shape index (κ2) is 4.97. The van der Waals surface area contributed by atoms with Crippen LogP contribution in [0, 0.1) is 6.92 Å². The van der Waals surface area contributed by atoms with Crippen molar-refractivity contribution in [3.8, 4) is 5.75 Å². The minimum atomic E-state index is -0.758. The summed E-state index contributed by atoms with van der Waals surface area (Å²) in [5.74, 6) is 0.675.